The van der Waals surface area contributed by atoms with Crippen LogP contribution in [0.1, 0.15) is 93.2 Å². The quantitative estimate of drug-likeness (QED) is 0.297. The monoisotopic (exact) mass is 601 g/mol. The third kappa shape index (κ3) is 6.39. The van der Waals surface area contributed by atoms with Crippen LogP contribution in [0.15, 0.2) is 35.9 Å². The lowest BCUT2D eigenvalue weighted by Gasteiger charge is -2.31. The van der Waals surface area contributed by atoms with E-state index in [-0.39, 0.29) is 24.1 Å². The molecule has 1 unspecified atom stereocenters. The molecule has 42 heavy (non-hydrogen) atoms. The highest BCUT2D eigenvalue weighted by Crippen LogP contribution is 2.44. The summed E-state index contributed by atoms with van der Waals surface area (Å²) < 4.78 is 107. The predicted molar refractivity (Wildman–Crippen MR) is 143 cm³/mol. The maximum Gasteiger partial charge on any atom is 0.416 e. The smallest absolute Gasteiger partial charge is 0.416 e. The number of nitrogens with zero attached hydrogens (tertiary/aromatic N) is 1. The van der Waals surface area contributed by atoms with Crippen LogP contribution in [-0.2, 0) is 17.1 Å². The van der Waals surface area contributed by atoms with Crippen molar-refractivity contribution in [3.05, 3.63) is 69.5 Å². The molecule has 0 N–H and O–H groups in total. The molecule has 0 aromatic heterocycles. The average molecular weight is 602 g/mol. The third-order valence-corrected chi connectivity index (χ3v) is 8.30. The zero-order chi connectivity index (χ0) is 31.1. The van der Waals surface area contributed by atoms with Crippen molar-refractivity contribution in [2.24, 2.45) is 5.92 Å². The number of methoxy groups -OCH3 is 1. The van der Waals surface area contributed by atoms with Crippen molar-refractivity contribution in [2.75, 3.05) is 13.7 Å². The molecule has 4 rings (SSSR count). The van der Waals surface area contributed by atoms with Gasteiger partial charge in [-0.25, -0.2) is 9.18 Å². The minimum atomic E-state index is -5.03. The molecule has 1 aliphatic heterocycles. The first-order valence-electron chi connectivity index (χ1n) is 13.9. The lowest BCUT2D eigenvalue weighted by atomic mass is 9.79. The molecule has 1 saturated heterocycles. The van der Waals surface area contributed by atoms with Crippen LogP contribution in [-0.4, -0.2) is 30.7 Å². The molecular formula is C31H34F7NO3. The van der Waals surface area contributed by atoms with Gasteiger partial charge in [0.1, 0.15) is 17.7 Å². The summed E-state index contributed by atoms with van der Waals surface area (Å²) >= 11 is 0. The lowest BCUT2D eigenvalue weighted by molar-refractivity contribution is -0.143. The van der Waals surface area contributed by atoms with E-state index in [0.717, 1.165) is 24.0 Å². The molecule has 2 aliphatic rings. The third-order valence-electron chi connectivity index (χ3n) is 8.30. The summed E-state index contributed by atoms with van der Waals surface area (Å²) in [5.74, 6) is 0.156. The summed E-state index contributed by atoms with van der Waals surface area (Å²) in [4.78, 5) is 14.4. The number of allylic oxidation sites excluding steroid dienone is 1. The van der Waals surface area contributed by atoms with Crippen LogP contribution < -0.4 is 4.74 Å². The topological polar surface area (TPSA) is 38.8 Å². The van der Waals surface area contributed by atoms with Crippen molar-refractivity contribution in [2.45, 2.75) is 83.8 Å². The van der Waals surface area contributed by atoms with Crippen LogP contribution in [0.25, 0.3) is 5.57 Å². The minimum Gasteiger partial charge on any atom is -0.496 e. The number of rotatable bonds is 7. The number of carbonyl (C=O) groups excluding carboxylic acids is 1. The summed E-state index contributed by atoms with van der Waals surface area (Å²) in [6, 6.07) is 3.49. The lowest BCUT2D eigenvalue weighted by Crippen LogP contribution is -2.35. The van der Waals surface area contributed by atoms with E-state index in [4.69, 9.17) is 9.47 Å². The number of halogens is 7. The number of hydrogen-bond acceptors (Lipinski definition) is 3. The Hall–Kier alpha value is -3.24. The van der Waals surface area contributed by atoms with Gasteiger partial charge in [0, 0.05) is 18.2 Å². The normalized spacial score (nSPS) is 21.8. The Morgan fingerprint density at radius 3 is 2.17 bits per heavy atom. The summed E-state index contributed by atoms with van der Waals surface area (Å²) in [5, 5.41) is 0. The van der Waals surface area contributed by atoms with Crippen LogP contribution in [0.3, 0.4) is 0 Å². The van der Waals surface area contributed by atoms with E-state index < -0.39 is 47.5 Å². The summed E-state index contributed by atoms with van der Waals surface area (Å²) in [5.41, 5.74) is -0.349. The molecule has 0 radical (unpaired) electrons. The molecule has 0 saturated carbocycles. The molecule has 1 aliphatic carbocycles. The molecular weight excluding hydrogens is 567 g/mol. The maximum absolute atomic E-state index is 14.8. The SMILES string of the molecule is CCC1CCC(c2cc(C(C)C)c(F)cc2OC)=C(CN2C(=O)O[C@H](c3cc(C(F)(F)F)cc(C(F)(F)F)c3)[C@@H]2C)C1. The van der Waals surface area contributed by atoms with Gasteiger partial charge in [-0.1, -0.05) is 27.2 Å². The van der Waals surface area contributed by atoms with Gasteiger partial charge in [-0.3, -0.25) is 4.90 Å². The van der Waals surface area contributed by atoms with Crippen LogP contribution in [0, 0.1) is 11.7 Å². The van der Waals surface area contributed by atoms with Crippen LogP contribution >= 0.6 is 0 Å². The summed E-state index contributed by atoms with van der Waals surface area (Å²) in [6.07, 6.45) is -9.24. The maximum atomic E-state index is 14.8. The van der Waals surface area contributed by atoms with E-state index in [2.05, 4.69) is 6.92 Å². The van der Waals surface area contributed by atoms with Crippen molar-refractivity contribution in [3.63, 3.8) is 0 Å². The van der Waals surface area contributed by atoms with Gasteiger partial charge in [0.25, 0.3) is 0 Å². The highest BCUT2D eigenvalue weighted by Gasteiger charge is 2.44. The van der Waals surface area contributed by atoms with Gasteiger partial charge >= 0.3 is 18.4 Å². The Morgan fingerprint density at radius 2 is 1.64 bits per heavy atom. The van der Waals surface area contributed by atoms with Crippen molar-refractivity contribution < 1.29 is 45.0 Å². The van der Waals surface area contributed by atoms with Crippen LogP contribution in [0.4, 0.5) is 35.5 Å². The van der Waals surface area contributed by atoms with E-state index >= 15 is 0 Å². The van der Waals surface area contributed by atoms with Crippen LogP contribution in [0.2, 0.25) is 0 Å². The zero-order valence-electron chi connectivity index (χ0n) is 24.0. The molecule has 2 aromatic carbocycles. The molecule has 0 spiro atoms. The van der Waals surface area contributed by atoms with Crippen molar-refractivity contribution in [3.8, 4) is 5.75 Å². The summed E-state index contributed by atoms with van der Waals surface area (Å²) in [7, 11) is 1.44. The number of hydrogen-bond donors (Lipinski definition) is 0. The molecule has 1 heterocycles. The Labute approximate surface area is 240 Å². The first-order valence-corrected chi connectivity index (χ1v) is 13.9. The van der Waals surface area contributed by atoms with E-state index in [1.54, 1.807) is 13.0 Å². The van der Waals surface area contributed by atoms with E-state index in [1.807, 2.05) is 13.8 Å². The Kier molecular flexibility index (Phi) is 8.90. The van der Waals surface area contributed by atoms with Crippen molar-refractivity contribution in [1.29, 1.82) is 0 Å². The van der Waals surface area contributed by atoms with Gasteiger partial charge < -0.3 is 9.47 Å². The fourth-order valence-corrected chi connectivity index (χ4v) is 5.86. The standard InChI is InChI=1S/C31H34F7NO3/c1-6-18-7-8-23(25-13-24(16(2)3)26(32)14-27(25)41-5)20(9-18)15-39-17(4)28(42-29(39)40)19-10-21(30(33,34)35)12-22(11-19)31(36,37)38/h10-14,16-18,28H,6-9,15H2,1-5H3/t17-,18?,28-/m0/s1. The van der Waals surface area contributed by atoms with Crippen molar-refractivity contribution in [1.82, 2.24) is 4.90 Å². The highest BCUT2D eigenvalue weighted by atomic mass is 19.4. The first-order chi connectivity index (χ1) is 19.5. The molecule has 11 heteroatoms. The number of ether oxygens (including phenoxy) is 2. The number of amides is 1. The number of benzene rings is 2. The molecule has 4 nitrogen and oxygen atoms in total. The van der Waals surface area contributed by atoms with E-state index in [0.29, 0.717) is 47.8 Å². The molecule has 2 aromatic rings. The van der Waals surface area contributed by atoms with Gasteiger partial charge in [-0.05, 0) is 84.6 Å². The second-order valence-electron chi connectivity index (χ2n) is 11.3. The molecule has 1 amide bonds. The first kappa shape index (κ1) is 31.7. The molecule has 0 bridgehead atoms. The second kappa shape index (κ2) is 11.8. The number of alkyl halides is 6. The Morgan fingerprint density at radius 1 is 1.02 bits per heavy atom. The molecule has 3 atom stereocenters. The van der Waals surface area contributed by atoms with E-state index in [1.165, 1.54) is 18.1 Å². The fourth-order valence-electron chi connectivity index (χ4n) is 5.86. The van der Waals surface area contributed by atoms with Crippen molar-refractivity contribution >= 4 is 11.7 Å². The number of cyclic esters (lactones) is 1. The summed E-state index contributed by atoms with van der Waals surface area (Å²) in [6.45, 7) is 7.40. The van der Waals surface area contributed by atoms with Gasteiger partial charge in [0.05, 0.1) is 24.3 Å². The largest absolute Gasteiger partial charge is 0.496 e. The number of carbonyl (C=O) groups is 1. The minimum absolute atomic E-state index is 0.0498. The molecule has 1 fully saturated rings. The molecule has 230 valence electrons. The second-order valence-corrected chi connectivity index (χ2v) is 11.3. The van der Waals surface area contributed by atoms with Gasteiger partial charge in [0.2, 0.25) is 0 Å². The Balaban J connectivity index is 1.75. The van der Waals surface area contributed by atoms with E-state index in [9.17, 15) is 35.5 Å². The average Bonchev–Trinajstić information content (AvgIpc) is 3.20. The van der Waals surface area contributed by atoms with Gasteiger partial charge in [0.15, 0.2) is 0 Å². The predicted octanol–water partition coefficient (Wildman–Crippen LogP) is 9.54. The zero-order valence-corrected chi connectivity index (χ0v) is 24.0. The highest BCUT2D eigenvalue weighted by molar-refractivity contribution is 5.77. The van der Waals surface area contributed by atoms with Gasteiger partial charge in [-0.15, -0.1) is 0 Å². The Bertz CT molecular complexity index is 1330. The van der Waals surface area contributed by atoms with Gasteiger partial charge in [-0.2, -0.15) is 26.3 Å². The fraction of sp³-hybridized carbons (Fsp3) is 0.516. The van der Waals surface area contributed by atoms with Crippen LogP contribution in [0.5, 0.6) is 5.75 Å².